The lowest BCUT2D eigenvalue weighted by Crippen LogP contribution is -2.20. The molecule has 0 aromatic carbocycles. The molecule has 0 spiro atoms. The van der Waals surface area contributed by atoms with E-state index in [-0.39, 0.29) is 18.5 Å². The first kappa shape index (κ1) is 36.2. The van der Waals surface area contributed by atoms with Crippen LogP contribution < -0.4 is 0 Å². The van der Waals surface area contributed by atoms with Gasteiger partial charge >= 0.3 is 5.97 Å². The van der Waals surface area contributed by atoms with Gasteiger partial charge in [0, 0.05) is 6.61 Å². The molecule has 0 radical (unpaired) electrons. The first-order valence-corrected chi connectivity index (χ1v) is 14.5. The summed E-state index contributed by atoms with van der Waals surface area (Å²) in [7, 11) is 0. The summed E-state index contributed by atoms with van der Waals surface area (Å²) in [4.78, 5) is 12.0. The Hall–Kier alpha value is -0.810. The van der Waals surface area contributed by atoms with E-state index in [1.54, 1.807) is 0 Å². The Labute approximate surface area is 226 Å². The van der Waals surface area contributed by atoms with Gasteiger partial charge in [0.2, 0.25) is 0 Å². The van der Waals surface area contributed by atoms with Crippen LogP contribution in [0.4, 0.5) is 0 Å². The Bertz CT molecular complexity index is 451. The van der Waals surface area contributed by atoms with E-state index in [0.717, 1.165) is 38.7 Å². The Morgan fingerprint density at radius 3 is 1.22 bits per heavy atom. The molecule has 1 unspecified atom stereocenters. The number of esters is 1. The third-order valence-corrected chi connectivity index (χ3v) is 5.58. The summed E-state index contributed by atoms with van der Waals surface area (Å²) in [6, 6.07) is 0. The summed E-state index contributed by atoms with van der Waals surface area (Å²) >= 11 is 0. The van der Waals surface area contributed by atoms with Crippen LogP contribution in [-0.2, 0) is 42.7 Å². The number of unbranched alkanes of at least 4 members (excludes halogenated alkanes) is 4. The molecule has 37 heavy (non-hydrogen) atoms. The average Bonchev–Trinajstić information content (AvgIpc) is 2.91. The first-order valence-electron chi connectivity index (χ1n) is 14.5. The second-order valence-corrected chi connectivity index (χ2v) is 8.76. The lowest BCUT2D eigenvalue weighted by atomic mass is 10.00. The maximum absolute atomic E-state index is 12.0. The largest absolute Gasteiger partial charge is 0.463 e. The van der Waals surface area contributed by atoms with Gasteiger partial charge < -0.3 is 37.9 Å². The lowest BCUT2D eigenvalue weighted by molar-refractivity contribution is -0.150. The van der Waals surface area contributed by atoms with Crippen LogP contribution in [0.5, 0.6) is 0 Å². The van der Waals surface area contributed by atoms with Gasteiger partial charge in [-0.1, -0.05) is 52.9 Å². The van der Waals surface area contributed by atoms with Crippen molar-refractivity contribution < 1.29 is 42.7 Å². The van der Waals surface area contributed by atoms with Gasteiger partial charge in [-0.05, 0) is 19.3 Å². The fourth-order valence-electron chi connectivity index (χ4n) is 3.31. The van der Waals surface area contributed by atoms with Crippen molar-refractivity contribution in [3.63, 3.8) is 0 Å². The summed E-state index contributed by atoms with van der Waals surface area (Å²) < 4.78 is 43.6. The van der Waals surface area contributed by atoms with Gasteiger partial charge in [0.25, 0.3) is 0 Å². The predicted molar refractivity (Wildman–Crippen MR) is 144 cm³/mol. The minimum atomic E-state index is -0.112. The van der Waals surface area contributed by atoms with Crippen LogP contribution >= 0.6 is 0 Å². The SMILES string of the molecule is CCCCCCOCCOCCOCCOCCOCCOCCOCCOC(=O)C(CC)CCCC. The van der Waals surface area contributed by atoms with Crippen LogP contribution in [0, 0.1) is 5.92 Å². The summed E-state index contributed by atoms with van der Waals surface area (Å²) in [5.41, 5.74) is 0. The molecule has 0 aliphatic heterocycles. The molecule has 9 nitrogen and oxygen atoms in total. The third kappa shape index (κ3) is 28.0. The summed E-state index contributed by atoms with van der Waals surface area (Å²) in [5.74, 6) is -0.105. The van der Waals surface area contributed by atoms with E-state index in [9.17, 15) is 4.79 Å². The average molecular weight is 537 g/mol. The predicted octanol–water partition coefficient (Wildman–Crippen LogP) is 4.44. The van der Waals surface area contributed by atoms with Crippen molar-refractivity contribution >= 4 is 5.97 Å². The van der Waals surface area contributed by atoms with Crippen molar-refractivity contribution in [3.8, 4) is 0 Å². The monoisotopic (exact) mass is 536 g/mol. The molecule has 0 heterocycles. The zero-order valence-corrected chi connectivity index (χ0v) is 24.0. The highest BCUT2D eigenvalue weighted by atomic mass is 16.6. The second kappa shape index (κ2) is 31.4. The summed E-state index contributed by atoms with van der Waals surface area (Å²) in [6.45, 7) is 14.3. The number of ether oxygens (including phenoxy) is 8. The molecule has 0 aromatic rings. The van der Waals surface area contributed by atoms with E-state index in [2.05, 4.69) is 13.8 Å². The molecule has 0 bridgehead atoms. The number of hydrogen-bond acceptors (Lipinski definition) is 9. The minimum Gasteiger partial charge on any atom is -0.463 e. The Morgan fingerprint density at radius 2 is 0.838 bits per heavy atom. The van der Waals surface area contributed by atoms with Crippen molar-refractivity contribution in [1.29, 1.82) is 0 Å². The Kier molecular flexibility index (Phi) is 30.7. The zero-order chi connectivity index (χ0) is 27.1. The smallest absolute Gasteiger partial charge is 0.308 e. The van der Waals surface area contributed by atoms with Crippen molar-refractivity contribution in [1.82, 2.24) is 0 Å². The molecule has 1 atom stereocenters. The van der Waals surface area contributed by atoms with Crippen LogP contribution in [0.15, 0.2) is 0 Å². The second-order valence-electron chi connectivity index (χ2n) is 8.76. The van der Waals surface area contributed by atoms with Crippen LogP contribution in [0.3, 0.4) is 0 Å². The molecule has 0 aromatic heterocycles. The lowest BCUT2D eigenvalue weighted by Gasteiger charge is -2.13. The molecule has 0 saturated heterocycles. The van der Waals surface area contributed by atoms with Crippen LogP contribution in [0.1, 0.15) is 72.1 Å². The van der Waals surface area contributed by atoms with Crippen molar-refractivity contribution in [2.24, 2.45) is 5.92 Å². The number of carbonyl (C=O) groups is 1. The molecule has 0 amide bonds. The fourth-order valence-corrected chi connectivity index (χ4v) is 3.31. The molecule has 0 aliphatic rings. The number of rotatable bonds is 31. The molecule has 0 N–H and O–H groups in total. The van der Waals surface area contributed by atoms with E-state index in [1.165, 1.54) is 19.3 Å². The molecule has 0 rings (SSSR count). The summed E-state index contributed by atoms with van der Waals surface area (Å²) in [6.07, 6.45) is 8.77. The molecule has 9 heteroatoms. The summed E-state index contributed by atoms with van der Waals surface area (Å²) in [5, 5.41) is 0. The topological polar surface area (TPSA) is 90.9 Å². The van der Waals surface area contributed by atoms with E-state index in [1.807, 2.05) is 6.92 Å². The van der Waals surface area contributed by atoms with Gasteiger partial charge in [-0.3, -0.25) is 4.79 Å². The number of carbonyl (C=O) groups excluding carboxylic acids is 1. The van der Waals surface area contributed by atoms with Gasteiger partial charge in [-0.2, -0.15) is 0 Å². The van der Waals surface area contributed by atoms with E-state index < -0.39 is 0 Å². The molecule has 222 valence electrons. The number of hydrogen-bond donors (Lipinski definition) is 0. The van der Waals surface area contributed by atoms with Gasteiger partial charge in [0.15, 0.2) is 0 Å². The maximum Gasteiger partial charge on any atom is 0.308 e. The van der Waals surface area contributed by atoms with Crippen LogP contribution in [0.2, 0.25) is 0 Å². The minimum absolute atomic E-state index is 0.00702. The molecular formula is C28H56O9. The highest BCUT2D eigenvalue weighted by molar-refractivity contribution is 5.72. The maximum atomic E-state index is 12.0. The quantitative estimate of drug-likeness (QED) is 0.0942. The van der Waals surface area contributed by atoms with Gasteiger partial charge in [-0.25, -0.2) is 0 Å². The fraction of sp³-hybridized carbons (Fsp3) is 0.964. The van der Waals surface area contributed by atoms with Crippen molar-refractivity contribution in [2.45, 2.75) is 72.1 Å². The van der Waals surface area contributed by atoms with E-state index in [0.29, 0.717) is 85.9 Å². The first-order chi connectivity index (χ1) is 18.3. The Balaban J connectivity index is 3.16. The Morgan fingerprint density at radius 1 is 0.459 bits per heavy atom. The van der Waals surface area contributed by atoms with Gasteiger partial charge in [0.1, 0.15) is 6.61 Å². The zero-order valence-electron chi connectivity index (χ0n) is 24.0. The molecule has 0 aliphatic carbocycles. The third-order valence-electron chi connectivity index (χ3n) is 5.58. The van der Waals surface area contributed by atoms with Crippen LogP contribution in [-0.4, -0.2) is 105 Å². The molecule has 0 saturated carbocycles. The van der Waals surface area contributed by atoms with E-state index >= 15 is 0 Å². The highest BCUT2D eigenvalue weighted by Crippen LogP contribution is 2.14. The standard InChI is InChI=1S/C28H56O9/c1-4-7-9-10-12-30-13-14-31-15-16-32-17-18-33-19-20-34-21-22-35-23-24-36-25-26-37-28(29)27(6-3)11-8-5-2/h27H,4-26H2,1-3H3. The van der Waals surface area contributed by atoms with Crippen LogP contribution in [0.25, 0.3) is 0 Å². The van der Waals surface area contributed by atoms with Crippen molar-refractivity contribution in [3.05, 3.63) is 0 Å². The van der Waals surface area contributed by atoms with Gasteiger partial charge in [0.05, 0.1) is 91.8 Å². The molecule has 0 fully saturated rings. The van der Waals surface area contributed by atoms with Crippen molar-refractivity contribution in [2.75, 3.05) is 99.1 Å². The van der Waals surface area contributed by atoms with Gasteiger partial charge in [-0.15, -0.1) is 0 Å². The highest BCUT2D eigenvalue weighted by Gasteiger charge is 2.16. The normalized spacial score (nSPS) is 12.2. The molecular weight excluding hydrogens is 480 g/mol. The van der Waals surface area contributed by atoms with E-state index in [4.69, 9.17) is 37.9 Å².